The number of hydrogen-bond donors (Lipinski definition) is 1. The van der Waals surface area contributed by atoms with Crippen LogP contribution < -0.4 is 5.32 Å². The maximum absolute atomic E-state index is 13.6. The first kappa shape index (κ1) is 28.6. The van der Waals surface area contributed by atoms with Crippen LogP contribution in [0.5, 0.6) is 0 Å². The zero-order valence-corrected chi connectivity index (χ0v) is 22.9. The van der Waals surface area contributed by atoms with Crippen molar-refractivity contribution in [2.24, 2.45) is 0 Å². The maximum atomic E-state index is 13.6. The highest BCUT2D eigenvalue weighted by Gasteiger charge is 2.50. The van der Waals surface area contributed by atoms with Crippen LogP contribution in [0, 0.1) is 19.3 Å². The SMILES string of the molecule is C#CCN1CC(=O)N2C(CN(Cc3ccccc3C)C(=O)[C@@H]2c2ccccc2)N1C=O.CNCc1ccccc1. The van der Waals surface area contributed by atoms with Crippen molar-refractivity contribution in [3.8, 4) is 12.3 Å². The Morgan fingerprint density at radius 2 is 1.62 bits per heavy atom. The molecule has 0 bridgehead atoms. The number of carbonyl (C=O) groups is 3. The zero-order valence-electron chi connectivity index (χ0n) is 22.9. The lowest BCUT2D eigenvalue weighted by atomic mass is 9.98. The second-order valence-electron chi connectivity index (χ2n) is 9.77. The van der Waals surface area contributed by atoms with Gasteiger partial charge in [-0.15, -0.1) is 6.42 Å². The Labute approximate surface area is 236 Å². The summed E-state index contributed by atoms with van der Waals surface area (Å²) in [4.78, 5) is 42.0. The highest BCUT2D eigenvalue weighted by molar-refractivity contribution is 5.91. The number of terminal acetylenes is 1. The minimum absolute atomic E-state index is 0.0478. The van der Waals surface area contributed by atoms with Gasteiger partial charge >= 0.3 is 0 Å². The first-order valence-electron chi connectivity index (χ1n) is 13.3. The molecule has 0 aliphatic carbocycles. The second-order valence-corrected chi connectivity index (χ2v) is 9.77. The summed E-state index contributed by atoms with van der Waals surface area (Å²) in [6.07, 6.45) is 5.51. The molecule has 1 N–H and O–H groups in total. The predicted octanol–water partition coefficient (Wildman–Crippen LogP) is 2.96. The number of rotatable bonds is 7. The van der Waals surface area contributed by atoms with Crippen molar-refractivity contribution < 1.29 is 14.4 Å². The Balaban J connectivity index is 0.000000350. The van der Waals surface area contributed by atoms with E-state index in [9.17, 15) is 14.4 Å². The Bertz CT molecular complexity index is 1340. The number of aryl methyl sites for hydroxylation is 1. The van der Waals surface area contributed by atoms with E-state index in [2.05, 4.69) is 23.4 Å². The quantitative estimate of drug-likeness (QED) is 0.371. The summed E-state index contributed by atoms with van der Waals surface area (Å²) in [5.41, 5.74) is 4.16. The van der Waals surface area contributed by atoms with E-state index in [0.29, 0.717) is 13.0 Å². The molecule has 5 rings (SSSR count). The van der Waals surface area contributed by atoms with Gasteiger partial charge in [-0.1, -0.05) is 90.8 Å². The number of amides is 3. The number of nitrogens with zero attached hydrogens (tertiary/aromatic N) is 4. The predicted molar refractivity (Wildman–Crippen MR) is 154 cm³/mol. The standard InChI is InChI=1S/C24H24N4O3.C8H11N/c1-3-13-26-16-22(30)28-21(27(26)17-29)15-25(14-20-12-8-7-9-18(20)2)24(31)23(28)19-10-5-4-6-11-19;1-9-7-8-5-3-2-4-6-8/h1,4-12,17,21,23H,13-16H2,2H3;2-6,9H,7H2,1H3/t21?,23-;/m0./s1. The summed E-state index contributed by atoms with van der Waals surface area (Å²) >= 11 is 0. The molecule has 8 heteroatoms. The lowest BCUT2D eigenvalue weighted by Crippen LogP contribution is -2.72. The van der Waals surface area contributed by atoms with Crippen LogP contribution in [0.4, 0.5) is 0 Å². The third-order valence-corrected chi connectivity index (χ3v) is 7.11. The summed E-state index contributed by atoms with van der Waals surface area (Å²) in [6, 6.07) is 26.6. The van der Waals surface area contributed by atoms with E-state index in [1.807, 2.05) is 86.8 Å². The third-order valence-electron chi connectivity index (χ3n) is 7.11. The van der Waals surface area contributed by atoms with Gasteiger partial charge in [0.25, 0.3) is 5.91 Å². The van der Waals surface area contributed by atoms with Crippen molar-refractivity contribution in [2.45, 2.75) is 32.2 Å². The summed E-state index contributed by atoms with van der Waals surface area (Å²) in [7, 11) is 1.95. The van der Waals surface area contributed by atoms with Gasteiger partial charge in [-0.3, -0.25) is 19.4 Å². The van der Waals surface area contributed by atoms with Gasteiger partial charge in [-0.25, -0.2) is 0 Å². The zero-order chi connectivity index (χ0) is 28.5. The molecule has 0 saturated carbocycles. The molecule has 2 fully saturated rings. The third kappa shape index (κ3) is 6.40. The molecular weight excluding hydrogens is 502 g/mol. The minimum atomic E-state index is -0.799. The van der Waals surface area contributed by atoms with E-state index in [0.717, 1.165) is 23.2 Å². The second kappa shape index (κ2) is 13.6. The fourth-order valence-corrected chi connectivity index (χ4v) is 5.12. The Hall–Kier alpha value is -4.45. The molecule has 2 heterocycles. The molecule has 3 aromatic rings. The molecule has 0 aromatic heterocycles. The van der Waals surface area contributed by atoms with E-state index in [1.54, 1.807) is 9.91 Å². The van der Waals surface area contributed by atoms with Crippen molar-refractivity contribution >= 4 is 18.2 Å². The topological polar surface area (TPSA) is 76.2 Å². The summed E-state index contributed by atoms with van der Waals surface area (Å²) in [6.45, 7) is 3.66. The van der Waals surface area contributed by atoms with Gasteiger partial charge in [-0.05, 0) is 36.2 Å². The Kier molecular flexibility index (Phi) is 9.68. The van der Waals surface area contributed by atoms with Gasteiger partial charge in [0.15, 0.2) is 0 Å². The molecule has 40 heavy (non-hydrogen) atoms. The molecular formula is C32H35N5O3. The van der Waals surface area contributed by atoms with Crippen molar-refractivity contribution in [2.75, 3.05) is 26.7 Å². The maximum Gasteiger partial charge on any atom is 0.250 e. The van der Waals surface area contributed by atoms with Crippen LogP contribution in [-0.4, -0.2) is 70.9 Å². The van der Waals surface area contributed by atoms with Gasteiger partial charge in [-0.2, -0.15) is 5.01 Å². The van der Waals surface area contributed by atoms with Gasteiger partial charge in [0.2, 0.25) is 12.3 Å². The summed E-state index contributed by atoms with van der Waals surface area (Å²) in [5.74, 6) is 2.12. The molecule has 3 amide bonds. The number of benzene rings is 3. The van der Waals surface area contributed by atoms with E-state index < -0.39 is 12.2 Å². The van der Waals surface area contributed by atoms with Gasteiger partial charge in [0.05, 0.1) is 19.6 Å². The summed E-state index contributed by atoms with van der Waals surface area (Å²) in [5, 5.41) is 6.09. The van der Waals surface area contributed by atoms with Gasteiger partial charge < -0.3 is 15.1 Å². The smallest absolute Gasteiger partial charge is 0.250 e. The average Bonchev–Trinajstić information content (AvgIpc) is 2.97. The number of nitrogens with one attached hydrogen (secondary N) is 1. The van der Waals surface area contributed by atoms with Crippen LogP contribution in [0.25, 0.3) is 0 Å². The molecule has 2 aliphatic rings. The normalized spacial score (nSPS) is 18.9. The molecule has 0 spiro atoms. The lowest BCUT2D eigenvalue weighted by molar-refractivity contribution is -0.199. The minimum Gasteiger partial charge on any atom is -0.332 e. The highest BCUT2D eigenvalue weighted by Crippen LogP contribution is 2.34. The number of fused-ring (bicyclic) bond motifs is 1. The largest absolute Gasteiger partial charge is 0.332 e. The van der Waals surface area contributed by atoms with Crippen molar-refractivity contribution in [1.82, 2.24) is 25.1 Å². The number of piperazine rings is 1. The van der Waals surface area contributed by atoms with Crippen molar-refractivity contribution in [1.29, 1.82) is 0 Å². The average molecular weight is 538 g/mol. The first-order chi connectivity index (χ1) is 19.5. The number of hydrogen-bond acceptors (Lipinski definition) is 5. The van der Waals surface area contributed by atoms with Crippen LogP contribution in [-0.2, 0) is 27.5 Å². The molecule has 2 atom stereocenters. The van der Waals surface area contributed by atoms with E-state index >= 15 is 0 Å². The number of hydrazine groups is 1. The molecule has 2 aliphatic heterocycles. The van der Waals surface area contributed by atoms with Crippen LogP contribution >= 0.6 is 0 Å². The first-order valence-corrected chi connectivity index (χ1v) is 13.3. The van der Waals surface area contributed by atoms with E-state index in [1.165, 1.54) is 15.5 Å². The summed E-state index contributed by atoms with van der Waals surface area (Å²) < 4.78 is 0. The van der Waals surface area contributed by atoms with E-state index in [4.69, 9.17) is 6.42 Å². The van der Waals surface area contributed by atoms with Crippen molar-refractivity contribution in [3.63, 3.8) is 0 Å². The van der Waals surface area contributed by atoms with E-state index in [-0.39, 0.29) is 31.4 Å². The molecule has 0 radical (unpaired) electrons. The van der Waals surface area contributed by atoms with Crippen molar-refractivity contribution in [3.05, 3.63) is 107 Å². The molecule has 2 saturated heterocycles. The fraction of sp³-hybridized carbons (Fsp3) is 0.281. The van der Waals surface area contributed by atoms with Gasteiger partial charge in [0, 0.05) is 13.1 Å². The highest BCUT2D eigenvalue weighted by atomic mass is 16.2. The monoisotopic (exact) mass is 537 g/mol. The molecule has 206 valence electrons. The van der Waals surface area contributed by atoms with Crippen LogP contribution in [0.15, 0.2) is 84.9 Å². The molecule has 3 aromatic carbocycles. The van der Waals surface area contributed by atoms with Gasteiger partial charge in [0.1, 0.15) is 12.2 Å². The fourth-order valence-electron chi connectivity index (χ4n) is 5.12. The van der Waals surface area contributed by atoms with Crippen LogP contribution in [0.3, 0.4) is 0 Å². The number of carbonyl (C=O) groups excluding carboxylic acids is 3. The Morgan fingerprint density at radius 1 is 0.975 bits per heavy atom. The van der Waals surface area contributed by atoms with Crippen LogP contribution in [0.2, 0.25) is 0 Å². The van der Waals surface area contributed by atoms with Crippen LogP contribution in [0.1, 0.15) is 28.3 Å². The lowest BCUT2D eigenvalue weighted by Gasteiger charge is -2.54. The molecule has 8 nitrogen and oxygen atoms in total. The Morgan fingerprint density at radius 3 is 2.25 bits per heavy atom. The molecule has 1 unspecified atom stereocenters.